The minimum Gasteiger partial charge on any atom is -0.493 e. The van der Waals surface area contributed by atoms with Crippen LogP contribution in [0.5, 0.6) is 17.2 Å². The Morgan fingerprint density at radius 1 is 1.04 bits per heavy atom. The summed E-state index contributed by atoms with van der Waals surface area (Å²) in [6, 6.07) is 3.82. The smallest absolute Gasteiger partial charge is 0.317 e. The number of rotatable bonds is 7. The summed E-state index contributed by atoms with van der Waals surface area (Å²) in [5.74, 6) is 1.82. The van der Waals surface area contributed by atoms with Crippen molar-refractivity contribution >= 4 is 6.03 Å². The van der Waals surface area contributed by atoms with Gasteiger partial charge in [0.25, 0.3) is 0 Å². The number of hydrogen-bond donors (Lipinski definition) is 1. The predicted octanol–water partition coefficient (Wildman–Crippen LogP) is 1.60. The van der Waals surface area contributed by atoms with E-state index in [0.29, 0.717) is 30.2 Å². The third-order valence-electron chi connectivity index (χ3n) is 4.52. The maximum Gasteiger partial charge on any atom is 0.317 e. The van der Waals surface area contributed by atoms with E-state index in [1.54, 1.807) is 21.3 Å². The van der Waals surface area contributed by atoms with Crippen molar-refractivity contribution in [3.63, 3.8) is 0 Å². The van der Waals surface area contributed by atoms with E-state index in [0.717, 1.165) is 38.3 Å². The molecule has 0 aliphatic carbocycles. The van der Waals surface area contributed by atoms with Crippen molar-refractivity contribution < 1.29 is 19.0 Å². The molecule has 1 heterocycles. The first-order valence-corrected chi connectivity index (χ1v) is 8.66. The predicted molar refractivity (Wildman–Crippen MR) is 96.9 cm³/mol. The lowest BCUT2D eigenvalue weighted by Crippen LogP contribution is -2.51. The molecule has 0 atom stereocenters. The van der Waals surface area contributed by atoms with Gasteiger partial charge in [0.05, 0.1) is 21.3 Å². The second-order valence-corrected chi connectivity index (χ2v) is 5.94. The molecule has 2 amide bonds. The Morgan fingerprint density at radius 2 is 1.64 bits per heavy atom. The molecule has 0 spiro atoms. The highest BCUT2D eigenvalue weighted by molar-refractivity contribution is 5.74. The number of hydrogen-bond acceptors (Lipinski definition) is 5. The number of nitrogens with zero attached hydrogens (tertiary/aromatic N) is 2. The number of methoxy groups -OCH3 is 3. The summed E-state index contributed by atoms with van der Waals surface area (Å²) in [5, 5.41) is 2.99. The second-order valence-electron chi connectivity index (χ2n) is 5.94. The Kier molecular flexibility index (Phi) is 7.18. The molecule has 0 unspecified atom stereocenters. The van der Waals surface area contributed by atoms with E-state index in [-0.39, 0.29) is 6.03 Å². The average molecular weight is 351 g/mol. The van der Waals surface area contributed by atoms with Crippen molar-refractivity contribution in [1.82, 2.24) is 15.1 Å². The molecule has 2 rings (SSSR count). The van der Waals surface area contributed by atoms with Crippen molar-refractivity contribution in [2.45, 2.75) is 13.3 Å². The number of urea groups is 1. The van der Waals surface area contributed by atoms with E-state index < -0.39 is 0 Å². The highest BCUT2D eigenvalue weighted by Gasteiger charge is 2.19. The minimum atomic E-state index is 0.00296. The largest absolute Gasteiger partial charge is 0.493 e. The molecule has 1 aromatic rings. The van der Waals surface area contributed by atoms with Crippen LogP contribution in [0.2, 0.25) is 0 Å². The zero-order valence-electron chi connectivity index (χ0n) is 15.6. The van der Waals surface area contributed by atoms with Crippen molar-refractivity contribution in [2.24, 2.45) is 0 Å². The van der Waals surface area contributed by atoms with Gasteiger partial charge in [-0.05, 0) is 30.7 Å². The summed E-state index contributed by atoms with van der Waals surface area (Å²) in [6.07, 6.45) is 0.692. The standard InChI is InChI=1S/C18H29N3O4/c1-5-20-8-10-21(11-9-20)18(22)19-7-6-14-12-15(23-2)17(25-4)16(13-14)24-3/h12-13H,5-11H2,1-4H3,(H,19,22). The molecule has 0 radical (unpaired) electrons. The Bertz CT molecular complexity index is 546. The molecule has 0 aromatic heterocycles. The number of likely N-dealkylation sites (N-methyl/N-ethyl adjacent to an activating group) is 1. The SMILES string of the molecule is CCN1CCN(C(=O)NCCc2cc(OC)c(OC)c(OC)c2)CC1. The summed E-state index contributed by atoms with van der Waals surface area (Å²) in [6.45, 7) is 7.19. The highest BCUT2D eigenvalue weighted by Crippen LogP contribution is 2.38. The van der Waals surface area contributed by atoms with Crippen LogP contribution in [-0.2, 0) is 6.42 Å². The minimum absolute atomic E-state index is 0.00296. The number of nitrogens with one attached hydrogen (secondary N) is 1. The monoisotopic (exact) mass is 351 g/mol. The van der Waals surface area contributed by atoms with Crippen LogP contribution in [0.15, 0.2) is 12.1 Å². The molecule has 0 saturated carbocycles. The van der Waals surface area contributed by atoms with Crippen LogP contribution < -0.4 is 19.5 Å². The number of ether oxygens (including phenoxy) is 3. The molecular weight excluding hydrogens is 322 g/mol. The summed E-state index contributed by atoms with van der Waals surface area (Å²) in [5.41, 5.74) is 1.02. The lowest BCUT2D eigenvalue weighted by Gasteiger charge is -2.34. The van der Waals surface area contributed by atoms with Gasteiger partial charge in [-0.15, -0.1) is 0 Å². The molecule has 140 valence electrons. The summed E-state index contributed by atoms with van der Waals surface area (Å²) in [7, 11) is 4.77. The molecular formula is C18H29N3O4. The van der Waals surface area contributed by atoms with Gasteiger partial charge in [-0.1, -0.05) is 6.92 Å². The fourth-order valence-electron chi connectivity index (χ4n) is 2.97. The lowest BCUT2D eigenvalue weighted by molar-refractivity contribution is 0.143. The van der Waals surface area contributed by atoms with Gasteiger partial charge in [-0.3, -0.25) is 0 Å². The van der Waals surface area contributed by atoms with Crippen molar-refractivity contribution in [2.75, 3.05) is 60.6 Å². The maximum absolute atomic E-state index is 12.3. The summed E-state index contributed by atoms with van der Waals surface area (Å²) in [4.78, 5) is 16.5. The number of piperazine rings is 1. The van der Waals surface area contributed by atoms with E-state index >= 15 is 0 Å². The molecule has 1 fully saturated rings. The van der Waals surface area contributed by atoms with Crippen LogP contribution in [0.4, 0.5) is 4.79 Å². The van der Waals surface area contributed by atoms with Gasteiger partial charge in [0.15, 0.2) is 11.5 Å². The van der Waals surface area contributed by atoms with Crippen LogP contribution in [0.1, 0.15) is 12.5 Å². The van der Waals surface area contributed by atoms with E-state index in [4.69, 9.17) is 14.2 Å². The third-order valence-corrected chi connectivity index (χ3v) is 4.52. The zero-order valence-corrected chi connectivity index (χ0v) is 15.6. The van der Waals surface area contributed by atoms with Gasteiger partial charge in [-0.25, -0.2) is 4.79 Å². The Labute approximate surface area is 149 Å². The van der Waals surface area contributed by atoms with E-state index in [1.807, 2.05) is 17.0 Å². The molecule has 1 aliphatic heterocycles. The number of amides is 2. The van der Waals surface area contributed by atoms with Crippen molar-refractivity contribution in [1.29, 1.82) is 0 Å². The Morgan fingerprint density at radius 3 is 2.12 bits per heavy atom. The Hall–Kier alpha value is -2.15. The van der Waals surface area contributed by atoms with E-state index in [1.165, 1.54) is 0 Å². The van der Waals surface area contributed by atoms with Gasteiger partial charge >= 0.3 is 6.03 Å². The quantitative estimate of drug-likeness (QED) is 0.808. The number of carbonyl (C=O) groups is 1. The first kappa shape index (κ1) is 19.2. The van der Waals surface area contributed by atoms with Gasteiger partial charge in [0.1, 0.15) is 0 Å². The molecule has 1 N–H and O–H groups in total. The molecule has 25 heavy (non-hydrogen) atoms. The van der Waals surface area contributed by atoms with E-state index in [9.17, 15) is 4.79 Å². The molecule has 7 heteroatoms. The first-order valence-electron chi connectivity index (χ1n) is 8.66. The van der Waals surface area contributed by atoms with Crippen molar-refractivity contribution in [3.05, 3.63) is 17.7 Å². The molecule has 1 aromatic carbocycles. The fraction of sp³-hybridized carbons (Fsp3) is 0.611. The van der Waals surface area contributed by atoms with Crippen LogP contribution >= 0.6 is 0 Å². The third kappa shape index (κ3) is 4.92. The molecule has 7 nitrogen and oxygen atoms in total. The number of benzene rings is 1. The van der Waals surface area contributed by atoms with Crippen LogP contribution in [-0.4, -0.2) is 76.4 Å². The van der Waals surface area contributed by atoms with Crippen molar-refractivity contribution in [3.8, 4) is 17.2 Å². The van der Waals surface area contributed by atoms with Crippen LogP contribution in [0.3, 0.4) is 0 Å². The van der Waals surface area contributed by atoms with Gasteiger partial charge in [0, 0.05) is 32.7 Å². The fourth-order valence-corrected chi connectivity index (χ4v) is 2.97. The van der Waals surface area contributed by atoms with Crippen LogP contribution in [0.25, 0.3) is 0 Å². The Balaban J connectivity index is 1.88. The topological polar surface area (TPSA) is 63.3 Å². The molecule has 1 saturated heterocycles. The summed E-state index contributed by atoms with van der Waals surface area (Å²) >= 11 is 0. The zero-order chi connectivity index (χ0) is 18.2. The van der Waals surface area contributed by atoms with E-state index in [2.05, 4.69) is 17.1 Å². The maximum atomic E-state index is 12.3. The van der Waals surface area contributed by atoms with Gasteiger partial charge in [0.2, 0.25) is 5.75 Å². The molecule has 0 bridgehead atoms. The second kappa shape index (κ2) is 9.36. The summed E-state index contributed by atoms with van der Waals surface area (Å²) < 4.78 is 16.0. The number of carbonyl (C=O) groups excluding carboxylic acids is 1. The van der Waals surface area contributed by atoms with Crippen LogP contribution in [0, 0.1) is 0 Å². The first-order chi connectivity index (χ1) is 12.1. The molecule has 1 aliphatic rings. The van der Waals surface area contributed by atoms with Gasteiger partial charge in [-0.2, -0.15) is 0 Å². The highest BCUT2D eigenvalue weighted by atomic mass is 16.5. The average Bonchev–Trinajstić information content (AvgIpc) is 2.66. The lowest BCUT2D eigenvalue weighted by atomic mass is 10.1. The normalized spacial score (nSPS) is 15.0. The van der Waals surface area contributed by atoms with Gasteiger partial charge < -0.3 is 29.3 Å².